The van der Waals surface area contributed by atoms with Crippen molar-refractivity contribution in [3.63, 3.8) is 0 Å². The van der Waals surface area contributed by atoms with Crippen molar-refractivity contribution in [3.05, 3.63) is 96.7 Å². The molecule has 0 saturated heterocycles. The van der Waals surface area contributed by atoms with Gasteiger partial charge < -0.3 is 9.33 Å². The summed E-state index contributed by atoms with van der Waals surface area (Å²) in [6.07, 6.45) is 7.28. The van der Waals surface area contributed by atoms with Gasteiger partial charge in [-0.3, -0.25) is 4.68 Å². The molecule has 0 aliphatic carbocycles. The molecule has 6 rings (SSSR count). The first kappa shape index (κ1) is 36.9. The Labute approximate surface area is 303 Å². The molecule has 4 heterocycles. The third-order valence-electron chi connectivity index (χ3n) is 10.4. The molecule has 3 aromatic heterocycles. The Kier molecular flexibility index (Phi) is 10.8. The van der Waals surface area contributed by atoms with Crippen LogP contribution in [0.5, 0.6) is 0 Å². The van der Waals surface area contributed by atoms with Gasteiger partial charge in [0.05, 0.1) is 10.6 Å². The molecule has 5 aromatic rings. The van der Waals surface area contributed by atoms with E-state index in [9.17, 15) is 12.8 Å². The summed E-state index contributed by atoms with van der Waals surface area (Å²) in [7, 11) is -3.94. The van der Waals surface area contributed by atoms with E-state index in [4.69, 9.17) is 14.5 Å². The second kappa shape index (κ2) is 15.0. The van der Waals surface area contributed by atoms with Gasteiger partial charge in [-0.25, -0.2) is 21.8 Å². The average Bonchev–Trinajstić information content (AvgIpc) is 3.71. The van der Waals surface area contributed by atoms with E-state index in [0.717, 1.165) is 41.8 Å². The second-order valence-electron chi connectivity index (χ2n) is 14.6. The third kappa shape index (κ3) is 7.13. The van der Waals surface area contributed by atoms with E-state index >= 15 is 0 Å². The van der Waals surface area contributed by atoms with Crippen molar-refractivity contribution >= 4 is 34.9 Å². The van der Waals surface area contributed by atoms with Crippen molar-refractivity contribution in [1.29, 1.82) is 0 Å². The summed E-state index contributed by atoms with van der Waals surface area (Å²) in [6.45, 7) is 16.6. The lowest BCUT2D eigenvalue weighted by molar-refractivity contribution is 0.263. The highest BCUT2D eigenvalue weighted by Gasteiger charge is 2.44. The first-order valence-electron chi connectivity index (χ1n) is 18.0. The maximum absolute atomic E-state index is 14.4. The molecule has 1 aliphatic heterocycles. The molecule has 0 fully saturated rings. The minimum atomic E-state index is -4.00. The van der Waals surface area contributed by atoms with Gasteiger partial charge in [0, 0.05) is 55.1 Å². The number of halogens is 1. The van der Waals surface area contributed by atoms with Gasteiger partial charge in [0.15, 0.2) is 14.0 Å². The van der Waals surface area contributed by atoms with E-state index in [1.54, 1.807) is 42.6 Å². The van der Waals surface area contributed by atoms with Gasteiger partial charge in [-0.2, -0.15) is 5.10 Å². The van der Waals surface area contributed by atoms with E-state index in [1.165, 1.54) is 16.1 Å². The van der Waals surface area contributed by atoms with E-state index < -0.39 is 18.3 Å². The summed E-state index contributed by atoms with van der Waals surface area (Å²) >= 11 is 0. The number of hydrogen-bond donors (Lipinski definition) is 0. The number of benzene rings is 2. The molecule has 0 N–H and O–H groups in total. The lowest BCUT2D eigenvalue weighted by Crippen LogP contribution is -2.48. The minimum Gasteiger partial charge on any atom is -0.416 e. The number of fused-ring (bicyclic) bond motifs is 1. The van der Waals surface area contributed by atoms with Crippen LogP contribution in [0.2, 0.25) is 16.6 Å². The predicted molar refractivity (Wildman–Crippen MR) is 207 cm³/mol. The summed E-state index contributed by atoms with van der Waals surface area (Å²) in [6, 6.07) is 18.7. The van der Waals surface area contributed by atoms with Crippen molar-refractivity contribution in [2.45, 2.75) is 82.4 Å². The van der Waals surface area contributed by atoms with Crippen LogP contribution in [0.3, 0.4) is 0 Å². The monoisotopic (exact) mass is 727 g/mol. The Morgan fingerprint density at radius 2 is 1.61 bits per heavy atom. The molecule has 0 bridgehead atoms. The zero-order valence-electron chi connectivity index (χ0n) is 30.8. The summed E-state index contributed by atoms with van der Waals surface area (Å²) in [5, 5.41) is 5.75. The molecular weight excluding hydrogens is 678 g/mol. The molecule has 2 aromatic carbocycles. The number of aromatic nitrogens is 4. The van der Waals surface area contributed by atoms with Gasteiger partial charge in [-0.05, 0) is 96.2 Å². The number of nitrogens with zero attached hydrogens (tertiary/aromatic N) is 5. The third-order valence-corrected chi connectivity index (χ3v) is 18.3. The van der Waals surface area contributed by atoms with Crippen molar-refractivity contribution < 1.29 is 17.2 Å². The van der Waals surface area contributed by atoms with Crippen molar-refractivity contribution in [2.75, 3.05) is 26.7 Å². The zero-order valence-corrected chi connectivity index (χ0v) is 32.6. The number of hydrogen-bond acceptors (Lipinski definition) is 6. The molecule has 51 heavy (non-hydrogen) atoms. The zero-order chi connectivity index (χ0) is 36.5. The smallest absolute Gasteiger partial charge is 0.269 e. The number of pyridine rings is 1. The molecule has 0 spiro atoms. The van der Waals surface area contributed by atoms with Crippen LogP contribution in [0.25, 0.3) is 39.0 Å². The number of likely N-dealkylation sites (N-methyl/N-ethyl adjacent to an activating group) is 1. The van der Waals surface area contributed by atoms with Gasteiger partial charge in [0.2, 0.25) is 0 Å². The lowest BCUT2D eigenvalue weighted by Gasteiger charge is -2.42. The molecule has 1 aliphatic rings. The maximum atomic E-state index is 14.4. The summed E-state index contributed by atoms with van der Waals surface area (Å²) in [5.74, 6) is -0.324. The quantitative estimate of drug-likeness (QED) is 0.0889. The topological polar surface area (TPSA) is 82.2 Å². The fraction of sp³-hybridized carbons (Fsp3) is 0.400. The van der Waals surface area contributed by atoms with Crippen LogP contribution in [0.15, 0.2) is 90.1 Å². The largest absolute Gasteiger partial charge is 0.416 e. The van der Waals surface area contributed by atoms with Crippen LogP contribution in [-0.2, 0) is 21.0 Å². The van der Waals surface area contributed by atoms with E-state index in [1.807, 2.05) is 29.1 Å². The second-order valence-corrected chi connectivity index (χ2v) is 21.9. The number of aryl methyl sites for hydroxylation is 1. The SMILES string of the molecule is CC(C)[Si](OCCCn1cc(-c2ccnc3c2cc(C2=CCN(C)CC2)n3S(=O)(=O)c2ccccc2)c(-c2ccc(F)cc2)n1)(C(C)C)C(C)C. The van der Waals surface area contributed by atoms with Crippen LogP contribution in [-0.4, -0.2) is 67.1 Å². The van der Waals surface area contributed by atoms with Gasteiger partial charge >= 0.3 is 0 Å². The molecule has 0 unspecified atom stereocenters. The molecule has 11 heteroatoms. The average molecular weight is 728 g/mol. The van der Waals surface area contributed by atoms with Crippen LogP contribution >= 0.6 is 0 Å². The highest BCUT2D eigenvalue weighted by atomic mass is 32.2. The molecular formula is C40H50FN5O3SSi. The minimum absolute atomic E-state index is 0.200. The maximum Gasteiger partial charge on any atom is 0.269 e. The Morgan fingerprint density at radius 1 is 0.922 bits per heavy atom. The van der Waals surface area contributed by atoms with Crippen LogP contribution in [0.1, 0.15) is 60.1 Å². The highest BCUT2D eigenvalue weighted by Crippen LogP contribution is 2.43. The molecule has 0 saturated carbocycles. The Morgan fingerprint density at radius 3 is 2.24 bits per heavy atom. The van der Waals surface area contributed by atoms with E-state index in [0.29, 0.717) is 58.6 Å². The van der Waals surface area contributed by atoms with Gasteiger partial charge in [0.25, 0.3) is 10.0 Å². The predicted octanol–water partition coefficient (Wildman–Crippen LogP) is 9.24. The van der Waals surface area contributed by atoms with Crippen molar-refractivity contribution in [1.82, 2.24) is 23.6 Å². The first-order chi connectivity index (χ1) is 24.3. The normalized spacial score (nSPS) is 14.7. The van der Waals surface area contributed by atoms with Gasteiger partial charge in [-0.1, -0.05) is 65.8 Å². The molecule has 270 valence electrons. The first-order valence-corrected chi connectivity index (χ1v) is 21.6. The fourth-order valence-corrected chi connectivity index (χ4v) is 15.0. The Bertz CT molecular complexity index is 2100. The highest BCUT2D eigenvalue weighted by molar-refractivity contribution is 7.90. The lowest BCUT2D eigenvalue weighted by atomic mass is 9.99. The van der Waals surface area contributed by atoms with Crippen molar-refractivity contribution in [2.24, 2.45) is 0 Å². The van der Waals surface area contributed by atoms with Gasteiger partial charge in [0.1, 0.15) is 11.5 Å². The van der Waals surface area contributed by atoms with Crippen molar-refractivity contribution in [3.8, 4) is 22.4 Å². The summed E-state index contributed by atoms with van der Waals surface area (Å²) in [5.41, 5.74) is 6.54. The summed E-state index contributed by atoms with van der Waals surface area (Å²) < 4.78 is 53.0. The fourth-order valence-electron chi connectivity index (χ4n) is 8.01. The van der Waals surface area contributed by atoms with E-state index in [2.05, 4.69) is 59.6 Å². The molecule has 8 nitrogen and oxygen atoms in total. The van der Waals surface area contributed by atoms with Crippen LogP contribution < -0.4 is 0 Å². The van der Waals surface area contributed by atoms with Crippen LogP contribution in [0.4, 0.5) is 4.39 Å². The molecule has 0 atom stereocenters. The van der Waals surface area contributed by atoms with E-state index in [-0.39, 0.29) is 10.7 Å². The molecule has 0 amide bonds. The Balaban J connectivity index is 1.45. The Hall–Kier alpha value is -3.90. The summed E-state index contributed by atoms with van der Waals surface area (Å²) in [4.78, 5) is 7.10. The standard InChI is InChI=1S/C40H50FN5O3SSi/c1-28(2)51(29(3)4,30(5)6)49-25-11-22-45-27-37(39(43-45)32-14-16-33(41)17-15-32)35-18-21-42-40-36(35)26-38(31-19-23-44(7)24-20-31)46(40)50(47,48)34-12-9-8-10-13-34/h8-10,12-19,21,26-30H,11,20,22-25H2,1-7H3. The van der Waals surface area contributed by atoms with Crippen LogP contribution in [0, 0.1) is 5.82 Å². The molecule has 0 radical (unpaired) electrons. The number of rotatable bonds is 13. The van der Waals surface area contributed by atoms with Gasteiger partial charge in [-0.15, -0.1) is 0 Å².